The van der Waals surface area contributed by atoms with Gasteiger partial charge in [0.2, 0.25) is 0 Å². The molecule has 2 heterocycles. The summed E-state index contributed by atoms with van der Waals surface area (Å²) in [6.07, 6.45) is 5.59. The SMILES string of the molecule is c1cc2[nH]ncc2cc1OC1CCCNCC1. The van der Waals surface area contributed by atoms with Gasteiger partial charge in [-0.2, -0.15) is 5.10 Å². The first-order valence-corrected chi connectivity index (χ1v) is 6.22. The topological polar surface area (TPSA) is 49.9 Å². The molecule has 2 N–H and O–H groups in total. The van der Waals surface area contributed by atoms with Gasteiger partial charge >= 0.3 is 0 Å². The Balaban J connectivity index is 1.74. The van der Waals surface area contributed by atoms with E-state index in [-0.39, 0.29) is 0 Å². The van der Waals surface area contributed by atoms with Crippen LogP contribution < -0.4 is 10.1 Å². The standard InChI is InChI=1S/C13H17N3O/c1-2-11(5-7-14-6-1)17-12-3-4-13-10(8-12)9-15-16-13/h3-4,8-9,11,14H,1-2,5-7H2,(H,15,16). The Labute approximate surface area is 100 Å². The summed E-state index contributed by atoms with van der Waals surface area (Å²) in [5.74, 6) is 0.950. The number of H-pyrrole nitrogens is 1. The molecule has 1 atom stereocenters. The second-order valence-corrected chi connectivity index (χ2v) is 4.54. The zero-order valence-electron chi connectivity index (χ0n) is 9.78. The van der Waals surface area contributed by atoms with Gasteiger partial charge in [0.25, 0.3) is 0 Å². The summed E-state index contributed by atoms with van der Waals surface area (Å²) in [5.41, 5.74) is 1.06. The summed E-state index contributed by atoms with van der Waals surface area (Å²) in [5, 5.41) is 11.5. The molecule has 17 heavy (non-hydrogen) atoms. The average molecular weight is 231 g/mol. The highest BCUT2D eigenvalue weighted by molar-refractivity contribution is 5.79. The fourth-order valence-corrected chi connectivity index (χ4v) is 2.29. The Hall–Kier alpha value is -1.55. The molecule has 1 unspecified atom stereocenters. The van der Waals surface area contributed by atoms with Crippen molar-refractivity contribution < 1.29 is 4.74 Å². The molecule has 90 valence electrons. The van der Waals surface area contributed by atoms with E-state index in [1.807, 2.05) is 18.3 Å². The second kappa shape index (κ2) is 4.75. The van der Waals surface area contributed by atoms with E-state index in [0.717, 1.165) is 42.6 Å². The van der Waals surface area contributed by atoms with Crippen LogP contribution in [-0.2, 0) is 0 Å². The van der Waals surface area contributed by atoms with Gasteiger partial charge in [-0.05, 0) is 50.6 Å². The summed E-state index contributed by atoms with van der Waals surface area (Å²) in [7, 11) is 0. The first-order valence-electron chi connectivity index (χ1n) is 6.22. The van der Waals surface area contributed by atoms with Gasteiger partial charge in [0.1, 0.15) is 5.75 Å². The zero-order valence-corrected chi connectivity index (χ0v) is 9.78. The van der Waals surface area contributed by atoms with Crippen LogP contribution in [0.5, 0.6) is 5.75 Å². The normalized spacial score (nSPS) is 21.3. The quantitative estimate of drug-likeness (QED) is 0.832. The second-order valence-electron chi connectivity index (χ2n) is 4.54. The molecule has 4 heteroatoms. The number of aromatic amines is 1. The van der Waals surface area contributed by atoms with Crippen LogP contribution in [0.25, 0.3) is 10.9 Å². The highest BCUT2D eigenvalue weighted by Gasteiger charge is 2.13. The van der Waals surface area contributed by atoms with Crippen molar-refractivity contribution in [2.45, 2.75) is 25.4 Å². The van der Waals surface area contributed by atoms with Crippen molar-refractivity contribution in [3.8, 4) is 5.75 Å². The molecule has 4 nitrogen and oxygen atoms in total. The van der Waals surface area contributed by atoms with Gasteiger partial charge in [0.15, 0.2) is 0 Å². The number of aromatic nitrogens is 2. The van der Waals surface area contributed by atoms with E-state index in [9.17, 15) is 0 Å². The molecule has 2 aromatic rings. The average Bonchev–Trinajstić information content (AvgIpc) is 2.65. The van der Waals surface area contributed by atoms with Crippen molar-refractivity contribution in [2.75, 3.05) is 13.1 Å². The van der Waals surface area contributed by atoms with E-state index in [1.54, 1.807) is 0 Å². The van der Waals surface area contributed by atoms with Crippen LogP contribution in [0.15, 0.2) is 24.4 Å². The summed E-state index contributed by atoms with van der Waals surface area (Å²) in [6, 6.07) is 6.09. The number of fused-ring (bicyclic) bond motifs is 1. The van der Waals surface area contributed by atoms with Crippen LogP contribution in [0.2, 0.25) is 0 Å². The number of nitrogens with zero attached hydrogens (tertiary/aromatic N) is 1. The third-order valence-corrected chi connectivity index (χ3v) is 3.24. The van der Waals surface area contributed by atoms with Gasteiger partial charge in [0.05, 0.1) is 17.8 Å². The van der Waals surface area contributed by atoms with Crippen molar-refractivity contribution in [1.82, 2.24) is 15.5 Å². The maximum absolute atomic E-state index is 6.03. The number of rotatable bonds is 2. The molecule has 0 amide bonds. The van der Waals surface area contributed by atoms with Crippen molar-refractivity contribution in [1.29, 1.82) is 0 Å². The van der Waals surface area contributed by atoms with E-state index >= 15 is 0 Å². The van der Waals surface area contributed by atoms with Gasteiger partial charge in [-0.3, -0.25) is 5.10 Å². The fraction of sp³-hybridized carbons (Fsp3) is 0.462. The van der Waals surface area contributed by atoms with Crippen LogP contribution in [-0.4, -0.2) is 29.4 Å². The van der Waals surface area contributed by atoms with Gasteiger partial charge < -0.3 is 10.1 Å². The predicted molar refractivity (Wildman–Crippen MR) is 67.2 cm³/mol. The van der Waals surface area contributed by atoms with Crippen LogP contribution in [0, 0.1) is 0 Å². The summed E-state index contributed by atoms with van der Waals surface area (Å²) in [4.78, 5) is 0. The lowest BCUT2D eigenvalue weighted by molar-refractivity contribution is 0.188. The lowest BCUT2D eigenvalue weighted by atomic mass is 10.1. The number of nitrogens with one attached hydrogen (secondary N) is 2. The molecule has 1 aromatic heterocycles. The molecule has 0 aliphatic carbocycles. The van der Waals surface area contributed by atoms with E-state index in [4.69, 9.17) is 4.74 Å². The third-order valence-electron chi connectivity index (χ3n) is 3.24. The van der Waals surface area contributed by atoms with Gasteiger partial charge in [0, 0.05) is 5.39 Å². The first-order chi connectivity index (χ1) is 8.42. The Morgan fingerprint density at radius 1 is 1.24 bits per heavy atom. The molecule has 1 aliphatic rings. The molecular formula is C13H17N3O. The van der Waals surface area contributed by atoms with Crippen LogP contribution in [0.1, 0.15) is 19.3 Å². The summed E-state index contributed by atoms with van der Waals surface area (Å²) < 4.78 is 6.03. The largest absolute Gasteiger partial charge is 0.490 e. The minimum Gasteiger partial charge on any atom is -0.490 e. The molecule has 1 saturated heterocycles. The van der Waals surface area contributed by atoms with Crippen LogP contribution >= 0.6 is 0 Å². The minimum absolute atomic E-state index is 0.342. The van der Waals surface area contributed by atoms with Crippen molar-refractivity contribution >= 4 is 10.9 Å². The van der Waals surface area contributed by atoms with Gasteiger partial charge in [-0.1, -0.05) is 0 Å². The van der Waals surface area contributed by atoms with Crippen LogP contribution in [0.3, 0.4) is 0 Å². The summed E-state index contributed by atoms with van der Waals surface area (Å²) >= 11 is 0. The number of hydrogen-bond donors (Lipinski definition) is 2. The highest BCUT2D eigenvalue weighted by Crippen LogP contribution is 2.21. The fourth-order valence-electron chi connectivity index (χ4n) is 2.29. The first kappa shape index (κ1) is 10.6. The van der Waals surface area contributed by atoms with E-state index < -0.39 is 0 Å². The van der Waals surface area contributed by atoms with Gasteiger partial charge in [-0.25, -0.2) is 0 Å². The lowest BCUT2D eigenvalue weighted by Crippen LogP contribution is -2.19. The van der Waals surface area contributed by atoms with Crippen molar-refractivity contribution in [2.24, 2.45) is 0 Å². The Bertz CT molecular complexity index is 486. The molecule has 1 fully saturated rings. The molecule has 3 rings (SSSR count). The smallest absolute Gasteiger partial charge is 0.120 e. The minimum atomic E-state index is 0.342. The Morgan fingerprint density at radius 2 is 2.24 bits per heavy atom. The Kier molecular flexibility index (Phi) is 2.96. The number of benzene rings is 1. The van der Waals surface area contributed by atoms with E-state index in [1.165, 1.54) is 6.42 Å². The Morgan fingerprint density at radius 3 is 3.24 bits per heavy atom. The predicted octanol–water partition coefficient (Wildman–Crippen LogP) is 2.08. The van der Waals surface area contributed by atoms with E-state index in [0.29, 0.717) is 6.10 Å². The van der Waals surface area contributed by atoms with Crippen LogP contribution in [0.4, 0.5) is 0 Å². The summed E-state index contributed by atoms with van der Waals surface area (Å²) in [6.45, 7) is 2.17. The van der Waals surface area contributed by atoms with Gasteiger partial charge in [-0.15, -0.1) is 0 Å². The number of ether oxygens (including phenoxy) is 1. The number of hydrogen-bond acceptors (Lipinski definition) is 3. The van der Waals surface area contributed by atoms with Crippen molar-refractivity contribution in [3.63, 3.8) is 0 Å². The molecule has 1 aromatic carbocycles. The molecule has 0 bridgehead atoms. The maximum Gasteiger partial charge on any atom is 0.120 e. The molecule has 0 saturated carbocycles. The molecule has 0 radical (unpaired) electrons. The zero-order chi connectivity index (χ0) is 11.5. The van der Waals surface area contributed by atoms with Crippen molar-refractivity contribution in [3.05, 3.63) is 24.4 Å². The molecule has 1 aliphatic heterocycles. The maximum atomic E-state index is 6.03. The van der Waals surface area contributed by atoms with E-state index in [2.05, 4.69) is 21.6 Å². The highest BCUT2D eigenvalue weighted by atomic mass is 16.5. The lowest BCUT2D eigenvalue weighted by Gasteiger charge is -2.16. The molecular weight excluding hydrogens is 214 g/mol. The molecule has 0 spiro atoms. The third kappa shape index (κ3) is 2.42. The monoisotopic (exact) mass is 231 g/mol.